The molecule has 118 valence electrons. The Morgan fingerprint density at radius 3 is 2.87 bits per heavy atom. The van der Waals surface area contributed by atoms with Crippen LogP contribution in [0, 0.1) is 5.82 Å². The van der Waals surface area contributed by atoms with Crippen LogP contribution in [0.15, 0.2) is 51.7 Å². The third kappa shape index (κ3) is 3.43. The number of ether oxygens (including phenoxy) is 1. The van der Waals surface area contributed by atoms with E-state index in [-0.39, 0.29) is 13.2 Å². The van der Waals surface area contributed by atoms with Gasteiger partial charge in [0.2, 0.25) is 0 Å². The fourth-order valence-corrected chi connectivity index (χ4v) is 2.32. The minimum Gasteiger partial charge on any atom is -0.459 e. The molecule has 0 radical (unpaired) electrons. The van der Waals surface area contributed by atoms with Crippen molar-refractivity contribution < 1.29 is 18.3 Å². The van der Waals surface area contributed by atoms with Gasteiger partial charge in [0.1, 0.15) is 19.0 Å². The van der Waals surface area contributed by atoms with Gasteiger partial charge in [0.05, 0.1) is 5.52 Å². The number of hydrogen-bond donors (Lipinski definition) is 0. The Bertz CT molecular complexity index is 931. The molecule has 0 fully saturated rings. The molecule has 0 saturated carbocycles. The van der Waals surface area contributed by atoms with E-state index in [9.17, 15) is 14.0 Å². The molecule has 1 heterocycles. The molecule has 0 amide bonds. The van der Waals surface area contributed by atoms with Crippen LogP contribution >= 0.6 is 11.6 Å². The van der Waals surface area contributed by atoms with E-state index in [4.69, 9.17) is 20.8 Å². The summed E-state index contributed by atoms with van der Waals surface area (Å²) in [5, 5.41) is 0.423. The number of carbonyl (C=O) groups excluding carboxylic acids is 1. The Labute approximate surface area is 134 Å². The smallest absolute Gasteiger partial charge is 0.420 e. The Morgan fingerprint density at radius 1 is 1.26 bits per heavy atom. The van der Waals surface area contributed by atoms with E-state index in [2.05, 4.69) is 0 Å². The van der Waals surface area contributed by atoms with Crippen LogP contribution in [-0.2, 0) is 22.7 Å². The number of aromatic nitrogens is 1. The number of nitrogens with zero attached hydrogens (tertiary/aromatic N) is 1. The van der Waals surface area contributed by atoms with Crippen LogP contribution in [0.4, 0.5) is 4.39 Å². The third-order valence-electron chi connectivity index (χ3n) is 3.21. The van der Waals surface area contributed by atoms with Crippen LogP contribution in [0.25, 0.3) is 11.1 Å². The average Bonchev–Trinajstić information content (AvgIpc) is 2.80. The second-order valence-electron chi connectivity index (χ2n) is 4.86. The van der Waals surface area contributed by atoms with E-state index in [1.165, 1.54) is 24.3 Å². The highest BCUT2D eigenvalue weighted by molar-refractivity contribution is 6.31. The number of fused-ring (bicyclic) bond motifs is 1. The third-order valence-corrected chi connectivity index (χ3v) is 3.44. The van der Waals surface area contributed by atoms with Crippen molar-refractivity contribution in [3.63, 3.8) is 0 Å². The summed E-state index contributed by atoms with van der Waals surface area (Å²) < 4.78 is 24.3. The SMILES string of the molecule is O=C(Cn1c(=O)oc2cc(Cl)ccc21)OCc1cccc(F)c1. The molecule has 0 saturated heterocycles. The summed E-state index contributed by atoms with van der Waals surface area (Å²) in [7, 11) is 0. The maximum atomic E-state index is 13.0. The molecule has 0 unspecified atom stereocenters. The van der Waals surface area contributed by atoms with Gasteiger partial charge in [0.15, 0.2) is 5.58 Å². The van der Waals surface area contributed by atoms with E-state index in [1.54, 1.807) is 18.2 Å². The zero-order valence-electron chi connectivity index (χ0n) is 11.8. The lowest BCUT2D eigenvalue weighted by atomic mass is 10.2. The Kier molecular flexibility index (Phi) is 4.16. The lowest BCUT2D eigenvalue weighted by Gasteiger charge is -2.05. The Morgan fingerprint density at radius 2 is 2.09 bits per heavy atom. The highest BCUT2D eigenvalue weighted by atomic mass is 35.5. The summed E-state index contributed by atoms with van der Waals surface area (Å²) in [6.45, 7) is -0.379. The zero-order chi connectivity index (χ0) is 16.4. The van der Waals surface area contributed by atoms with Crippen LogP contribution in [0.3, 0.4) is 0 Å². The molecule has 0 aliphatic rings. The van der Waals surface area contributed by atoms with Gasteiger partial charge < -0.3 is 9.15 Å². The van der Waals surface area contributed by atoms with Crippen LogP contribution in [0.1, 0.15) is 5.56 Å². The predicted molar refractivity (Wildman–Crippen MR) is 81.7 cm³/mol. The molecule has 2 aromatic carbocycles. The normalized spacial score (nSPS) is 10.9. The van der Waals surface area contributed by atoms with E-state index >= 15 is 0 Å². The number of carbonyl (C=O) groups is 1. The molecule has 23 heavy (non-hydrogen) atoms. The van der Waals surface area contributed by atoms with Gasteiger partial charge in [0.25, 0.3) is 0 Å². The molecule has 0 aliphatic heterocycles. The minimum atomic E-state index is -0.676. The first-order valence-electron chi connectivity index (χ1n) is 6.72. The number of hydrogen-bond acceptors (Lipinski definition) is 4. The van der Waals surface area contributed by atoms with Gasteiger partial charge in [-0.1, -0.05) is 23.7 Å². The van der Waals surface area contributed by atoms with Crippen molar-refractivity contribution >= 4 is 28.7 Å². The van der Waals surface area contributed by atoms with Crippen molar-refractivity contribution in [2.45, 2.75) is 13.2 Å². The van der Waals surface area contributed by atoms with Crippen molar-refractivity contribution in [3.05, 3.63) is 69.4 Å². The summed E-state index contributed by atoms with van der Waals surface area (Å²) in [4.78, 5) is 23.7. The molecule has 0 aliphatic carbocycles. The summed E-state index contributed by atoms with van der Waals surface area (Å²) in [5.74, 6) is -1.72. The molecule has 1 aromatic heterocycles. The van der Waals surface area contributed by atoms with Gasteiger partial charge in [-0.3, -0.25) is 9.36 Å². The largest absolute Gasteiger partial charge is 0.459 e. The maximum absolute atomic E-state index is 13.0. The van der Waals surface area contributed by atoms with Crippen LogP contribution in [0.2, 0.25) is 5.02 Å². The molecule has 0 bridgehead atoms. The van der Waals surface area contributed by atoms with Crippen molar-refractivity contribution in [1.29, 1.82) is 0 Å². The van der Waals surface area contributed by atoms with Crippen LogP contribution in [-0.4, -0.2) is 10.5 Å². The molecule has 5 nitrogen and oxygen atoms in total. The predicted octanol–water partition coefficient (Wildman–Crippen LogP) is 3.13. The van der Waals surface area contributed by atoms with Crippen LogP contribution < -0.4 is 5.76 Å². The monoisotopic (exact) mass is 335 g/mol. The van der Waals surface area contributed by atoms with E-state index in [0.29, 0.717) is 21.7 Å². The molecule has 0 spiro atoms. The fraction of sp³-hybridized carbons (Fsp3) is 0.125. The lowest BCUT2D eigenvalue weighted by Crippen LogP contribution is -2.21. The van der Waals surface area contributed by atoms with E-state index in [0.717, 1.165) is 4.57 Å². The topological polar surface area (TPSA) is 61.4 Å². The number of halogens is 2. The van der Waals surface area contributed by atoms with Crippen molar-refractivity contribution in [2.24, 2.45) is 0 Å². The molecule has 3 rings (SSSR count). The number of esters is 1. The molecule has 3 aromatic rings. The first-order chi connectivity index (χ1) is 11.0. The quantitative estimate of drug-likeness (QED) is 0.687. The van der Waals surface area contributed by atoms with Crippen molar-refractivity contribution in [3.8, 4) is 0 Å². The van der Waals surface area contributed by atoms with Gasteiger partial charge >= 0.3 is 11.7 Å². The standard InChI is InChI=1S/C16H11ClFNO4/c17-11-4-5-13-14(7-11)23-16(21)19(13)8-15(20)22-9-10-2-1-3-12(18)6-10/h1-7H,8-9H2. The number of rotatable bonds is 4. The highest BCUT2D eigenvalue weighted by Gasteiger charge is 2.14. The van der Waals surface area contributed by atoms with Crippen LogP contribution in [0.5, 0.6) is 0 Å². The molecule has 7 heteroatoms. The first kappa shape index (κ1) is 15.3. The second kappa shape index (κ2) is 6.26. The molecule has 0 N–H and O–H groups in total. The van der Waals surface area contributed by atoms with Crippen molar-refractivity contribution in [2.75, 3.05) is 0 Å². The molecule has 0 atom stereocenters. The number of benzene rings is 2. The van der Waals surface area contributed by atoms with Gasteiger partial charge in [0, 0.05) is 11.1 Å². The lowest BCUT2D eigenvalue weighted by molar-refractivity contribution is -0.145. The van der Waals surface area contributed by atoms with Crippen molar-refractivity contribution in [1.82, 2.24) is 4.57 Å². The minimum absolute atomic E-state index is 0.0764. The van der Waals surface area contributed by atoms with Gasteiger partial charge in [-0.15, -0.1) is 0 Å². The van der Waals surface area contributed by atoms with Gasteiger partial charge in [-0.2, -0.15) is 0 Å². The van der Waals surface area contributed by atoms with Gasteiger partial charge in [-0.25, -0.2) is 9.18 Å². The summed E-state index contributed by atoms with van der Waals surface area (Å²) >= 11 is 5.82. The maximum Gasteiger partial charge on any atom is 0.420 e. The highest BCUT2D eigenvalue weighted by Crippen LogP contribution is 2.18. The van der Waals surface area contributed by atoms with E-state index in [1.807, 2.05) is 0 Å². The number of oxazole rings is 1. The summed E-state index contributed by atoms with van der Waals surface area (Å²) in [6, 6.07) is 10.4. The molecular weight excluding hydrogens is 325 g/mol. The summed E-state index contributed by atoms with van der Waals surface area (Å²) in [5.41, 5.74) is 1.26. The average molecular weight is 336 g/mol. The van der Waals surface area contributed by atoms with Gasteiger partial charge in [-0.05, 0) is 29.8 Å². The van der Waals surface area contributed by atoms with E-state index < -0.39 is 17.5 Å². The molecular formula is C16H11ClFNO4. The second-order valence-corrected chi connectivity index (χ2v) is 5.29. The zero-order valence-corrected chi connectivity index (χ0v) is 12.5. The Balaban J connectivity index is 1.73. The first-order valence-corrected chi connectivity index (χ1v) is 7.10. The summed E-state index contributed by atoms with van der Waals surface area (Å²) in [6.07, 6.45) is 0. The fourth-order valence-electron chi connectivity index (χ4n) is 2.16. The Hall–Kier alpha value is -2.60.